The van der Waals surface area contributed by atoms with Gasteiger partial charge in [-0.2, -0.15) is 0 Å². The second kappa shape index (κ2) is 11.9. The maximum Gasteiger partial charge on any atom is 0.242 e. The standard InChI is InChI=1S/C25H38N4O4/c1-2-27-11-4-3-7-23(27)25(31)29-17-22(33-19-21-6-5-10-26-14-21)16-28(24(30)18-29)15-20-8-12-32-13-9-20/h5-6,10,14,20,22-23H,2-4,7-9,11-13,15-19H2,1H3/t22-,23+/m0/s1. The van der Waals surface area contributed by atoms with E-state index in [9.17, 15) is 9.59 Å². The van der Waals surface area contributed by atoms with Crippen molar-refractivity contribution in [3.8, 4) is 0 Å². The third-order valence-corrected chi connectivity index (χ3v) is 7.17. The molecule has 3 saturated heterocycles. The van der Waals surface area contributed by atoms with Crippen molar-refractivity contribution in [2.75, 3.05) is 52.5 Å². The lowest BCUT2D eigenvalue weighted by molar-refractivity contribution is -0.143. The van der Waals surface area contributed by atoms with Crippen LogP contribution in [0.2, 0.25) is 0 Å². The number of ether oxygens (including phenoxy) is 2. The van der Waals surface area contributed by atoms with Crippen LogP contribution in [0.15, 0.2) is 24.5 Å². The average Bonchev–Trinajstić information content (AvgIpc) is 3.02. The molecule has 4 rings (SSSR count). The molecule has 2 amide bonds. The average molecular weight is 459 g/mol. The van der Waals surface area contributed by atoms with Crippen LogP contribution in [0.1, 0.15) is 44.6 Å². The van der Waals surface area contributed by atoms with Crippen LogP contribution in [0.25, 0.3) is 0 Å². The van der Waals surface area contributed by atoms with E-state index in [4.69, 9.17) is 9.47 Å². The van der Waals surface area contributed by atoms with E-state index in [0.29, 0.717) is 32.2 Å². The quantitative estimate of drug-likeness (QED) is 0.622. The van der Waals surface area contributed by atoms with Crippen LogP contribution < -0.4 is 0 Å². The molecule has 33 heavy (non-hydrogen) atoms. The lowest BCUT2D eigenvalue weighted by atomic mass is 9.99. The van der Waals surface area contributed by atoms with Gasteiger partial charge in [0.2, 0.25) is 11.8 Å². The minimum absolute atomic E-state index is 0.0289. The van der Waals surface area contributed by atoms with E-state index in [1.54, 1.807) is 17.3 Å². The van der Waals surface area contributed by atoms with Crippen LogP contribution in [0.3, 0.4) is 0 Å². The number of aromatic nitrogens is 1. The first kappa shape index (κ1) is 24.1. The number of rotatable bonds is 7. The van der Waals surface area contributed by atoms with E-state index in [-0.39, 0.29) is 30.5 Å². The summed E-state index contributed by atoms with van der Waals surface area (Å²) in [5.41, 5.74) is 0.992. The van der Waals surface area contributed by atoms with E-state index in [2.05, 4.69) is 16.8 Å². The molecule has 1 aromatic heterocycles. The Morgan fingerprint density at radius 1 is 1.21 bits per heavy atom. The number of hydrogen-bond acceptors (Lipinski definition) is 6. The number of likely N-dealkylation sites (tertiary alicyclic amines) is 1. The first-order valence-corrected chi connectivity index (χ1v) is 12.5. The van der Waals surface area contributed by atoms with E-state index < -0.39 is 0 Å². The molecule has 0 radical (unpaired) electrons. The highest BCUT2D eigenvalue weighted by Crippen LogP contribution is 2.22. The number of amides is 2. The van der Waals surface area contributed by atoms with Crippen molar-refractivity contribution in [2.24, 2.45) is 5.92 Å². The third kappa shape index (κ3) is 6.52. The molecular formula is C25H38N4O4. The Morgan fingerprint density at radius 3 is 2.82 bits per heavy atom. The smallest absolute Gasteiger partial charge is 0.242 e. The number of carbonyl (C=O) groups excluding carboxylic acids is 2. The number of piperidine rings is 1. The normalized spacial score (nSPS) is 25.8. The Labute approximate surface area is 197 Å². The number of likely N-dealkylation sites (N-methyl/N-ethyl adjacent to an activating group) is 1. The predicted octanol–water partition coefficient (Wildman–Crippen LogP) is 1.94. The summed E-state index contributed by atoms with van der Waals surface area (Å²) in [4.78, 5) is 37.0. The second-order valence-electron chi connectivity index (χ2n) is 9.51. The van der Waals surface area contributed by atoms with Crippen LogP contribution in [-0.2, 0) is 25.7 Å². The van der Waals surface area contributed by atoms with Crippen LogP contribution in [0, 0.1) is 5.92 Å². The van der Waals surface area contributed by atoms with Crippen molar-refractivity contribution in [3.63, 3.8) is 0 Å². The summed E-state index contributed by atoms with van der Waals surface area (Å²) in [6, 6.07) is 3.75. The lowest BCUT2D eigenvalue weighted by Gasteiger charge is -2.37. The lowest BCUT2D eigenvalue weighted by Crippen LogP contribution is -2.53. The predicted molar refractivity (Wildman–Crippen MR) is 124 cm³/mol. The van der Waals surface area contributed by atoms with Gasteiger partial charge in [0.15, 0.2) is 0 Å². The minimum atomic E-state index is -0.223. The highest BCUT2D eigenvalue weighted by Gasteiger charge is 2.37. The largest absolute Gasteiger partial charge is 0.381 e. The summed E-state index contributed by atoms with van der Waals surface area (Å²) < 4.78 is 11.8. The minimum Gasteiger partial charge on any atom is -0.381 e. The van der Waals surface area contributed by atoms with Crippen LogP contribution in [0.4, 0.5) is 0 Å². The molecule has 0 unspecified atom stereocenters. The fourth-order valence-electron chi connectivity index (χ4n) is 5.23. The SMILES string of the molecule is CCN1CCCC[C@@H]1C(=O)N1CC(=O)N(CC2CCOCC2)C[C@H](OCc2cccnc2)C1. The van der Waals surface area contributed by atoms with Crippen molar-refractivity contribution >= 4 is 11.8 Å². The molecule has 1 aromatic rings. The van der Waals surface area contributed by atoms with E-state index >= 15 is 0 Å². The first-order valence-electron chi connectivity index (χ1n) is 12.5. The molecular weight excluding hydrogens is 420 g/mol. The summed E-state index contributed by atoms with van der Waals surface area (Å²) in [5, 5.41) is 0. The molecule has 0 saturated carbocycles. The molecule has 3 aliphatic rings. The highest BCUT2D eigenvalue weighted by molar-refractivity contribution is 5.88. The van der Waals surface area contributed by atoms with Crippen molar-refractivity contribution in [2.45, 2.75) is 57.8 Å². The Bertz CT molecular complexity index is 771. The molecule has 182 valence electrons. The van der Waals surface area contributed by atoms with Gasteiger partial charge in [0.1, 0.15) is 0 Å². The van der Waals surface area contributed by atoms with E-state index in [1.165, 1.54) is 0 Å². The fraction of sp³-hybridized carbons (Fsp3) is 0.720. The molecule has 0 bridgehead atoms. The molecule has 0 aliphatic carbocycles. The van der Waals surface area contributed by atoms with Gasteiger partial charge in [0.05, 0.1) is 25.3 Å². The van der Waals surface area contributed by atoms with E-state index in [0.717, 1.165) is 64.0 Å². The topological polar surface area (TPSA) is 75.2 Å². The van der Waals surface area contributed by atoms with Crippen LogP contribution in [0.5, 0.6) is 0 Å². The zero-order valence-electron chi connectivity index (χ0n) is 19.9. The highest BCUT2D eigenvalue weighted by atomic mass is 16.5. The molecule has 0 aromatic carbocycles. The number of nitrogens with zero attached hydrogens (tertiary/aromatic N) is 4. The van der Waals surface area contributed by atoms with Crippen LogP contribution >= 0.6 is 0 Å². The van der Waals surface area contributed by atoms with Crippen LogP contribution in [-0.4, -0.2) is 96.1 Å². The van der Waals surface area contributed by atoms with Crippen molar-refractivity contribution in [1.82, 2.24) is 19.7 Å². The Kier molecular flexibility index (Phi) is 8.69. The Morgan fingerprint density at radius 2 is 2.06 bits per heavy atom. The Hall–Kier alpha value is -2.03. The molecule has 4 heterocycles. The molecule has 3 aliphatic heterocycles. The maximum atomic E-state index is 13.6. The van der Waals surface area contributed by atoms with Gasteiger partial charge in [-0.15, -0.1) is 0 Å². The molecule has 2 atom stereocenters. The number of hydrogen-bond donors (Lipinski definition) is 0. The van der Waals surface area contributed by atoms with Gasteiger partial charge in [0.25, 0.3) is 0 Å². The van der Waals surface area contributed by atoms with Crippen molar-refractivity contribution in [3.05, 3.63) is 30.1 Å². The molecule has 8 heteroatoms. The van der Waals surface area contributed by atoms with Crippen molar-refractivity contribution < 1.29 is 19.1 Å². The summed E-state index contributed by atoms with van der Waals surface area (Å²) in [6.45, 7) is 7.66. The summed E-state index contributed by atoms with van der Waals surface area (Å²) in [7, 11) is 0. The van der Waals surface area contributed by atoms with Gasteiger partial charge in [-0.1, -0.05) is 19.4 Å². The summed E-state index contributed by atoms with van der Waals surface area (Å²) in [6.07, 6.45) is 8.32. The maximum absolute atomic E-state index is 13.6. The molecule has 3 fully saturated rings. The number of pyridine rings is 1. The number of carbonyl (C=O) groups is 2. The third-order valence-electron chi connectivity index (χ3n) is 7.17. The summed E-state index contributed by atoms with van der Waals surface area (Å²) >= 11 is 0. The van der Waals surface area contributed by atoms with Gasteiger partial charge >= 0.3 is 0 Å². The molecule has 8 nitrogen and oxygen atoms in total. The van der Waals surface area contributed by atoms with Gasteiger partial charge in [-0.25, -0.2) is 0 Å². The fourth-order valence-corrected chi connectivity index (χ4v) is 5.23. The van der Waals surface area contributed by atoms with Gasteiger partial charge in [-0.3, -0.25) is 19.5 Å². The zero-order chi connectivity index (χ0) is 23.0. The van der Waals surface area contributed by atoms with E-state index in [1.807, 2.05) is 17.0 Å². The molecule has 0 N–H and O–H groups in total. The zero-order valence-corrected chi connectivity index (χ0v) is 19.9. The van der Waals surface area contributed by atoms with Crippen molar-refractivity contribution in [1.29, 1.82) is 0 Å². The molecule has 0 spiro atoms. The Balaban J connectivity index is 1.47. The van der Waals surface area contributed by atoms with Gasteiger partial charge in [0, 0.05) is 45.2 Å². The first-order chi connectivity index (χ1) is 16.1. The van der Waals surface area contributed by atoms with Gasteiger partial charge < -0.3 is 19.3 Å². The summed E-state index contributed by atoms with van der Waals surface area (Å²) in [5.74, 6) is 0.548. The monoisotopic (exact) mass is 458 g/mol. The second-order valence-corrected chi connectivity index (χ2v) is 9.51. The van der Waals surface area contributed by atoms with Gasteiger partial charge in [-0.05, 0) is 56.3 Å².